The molecule has 10 heteroatoms. The van der Waals surface area contributed by atoms with Crippen molar-refractivity contribution < 1.29 is 27.6 Å². The van der Waals surface area contributed by atoms with E-state index in [-0.39, 0.29) is 27.2 Å². The monoisotopic (exact) mass is 418 g/mol. The van der Waals surface area contributed by atoms with Crippen molar-refractivity contribution in [2.75, 3.05) is 11.9 Å². The molecule has 6 nitrogen and oxygen atoms in total. The van der Waals surface area contributed by atoms with Gasteiger partial charge in [-0.3, -0.25) is 14.9 Å². The van der Waals surface area contributed by atoms with E-state index in [4.69, 9.17) is 0 Å². The van der Waals surface area contributed by atoms with Gasteiger partial charge in [-0.15, -0.1) is 0 Å². The number of nitrogens with zero attached hydrogens (tertiary/aromatic N) is 1. The predicted molar refractivity (Wildman–Crippen MR) is 86.7 cm³/mol. The number of amides is 1. The van der Waals surface area contributed by atoms with E-state index in [2.05, 4.69) is 26.0 Å². The van der Waals surface area contributed by atoms with E-state index in [1.807, 2.05) is 0 Å². The van der Waals surface area contributed by atoms with E-state index in [1.54, 1.807) is 0 Å². The maximum atomic E-state index is 12.3. The number of rotatable bonds is 5. The number of carbonyl (C=O) groups excluding carboxylic acids is 1. The van der Waals surface area contributed by atoms with Crippen LogP contribution in [0.3, 0.4) is 0 Å². The van der Waals surface area contributed by atoms with Gasteiger partial charge in [0.1, 0.15) is 5.75 Å². The Morgan fingerprint density at radius 1 is 1.24 bits per heavy atom. The highest BCUT2D eigenvalue weighted by Crippen LogP contribution is 2.29. The Morgan fingerprint density at radius 2 is 1.92 bits per heavy atom. The number of ether oxygens (including phenoxy) is 1. The predicted octanol–water partition coefficient (Wildman–Crippen LogP) is 4.55. The van der Waals surface area contributed by atoms with Gasteiger partial charge in [-0.2, -0.15) is 13.2 Å². The number of nitrogens with one attached hydrogen (secondary N) is 1. The lowest BCUT2D eigenvalue weighted by atomic mass is 10.2. The summed E-state index contributed by atoms with van der Waals surface area (Å²) in [4.78, 5) is 22.5. The van der Waals surface area contributed by atoms with Crippen LogP contribution in [0.15, 0.2) is 46.9 Å². The molecule has 2 aromatic carbocycles. The molecule has 0 saturated heterocycles. The molecule has 0 atom stereocenters. The smallest absolute Gasteiger partial charge is 0.422 e. The fourth-order valence-corrected chi connectivity index (χ4v) is 2.24. The zero-order valence-corrected chi connectivity index (χ0v) is 13.9. The summed E-state index contributed by atoms with van der Waals surface area (Å²) < 4.78 is 41.7. The summed E-state index contributed by atoms with van der Waals surface area (Å²) in [6.07, 6.45) is -4.52. The van der Waals surface area contributed by atoms with Gasteiger partial charge in [0.05, 0.1) is 15.1 Å². The molecule has 0 unspecified atom stereocenters. The maximum absolute atomic E-state index is 12.3. The molecule has 1 N–H and O–H groups in total. The van der Waals surface area contributed by atoms with Gasteiger partial charge >= 0.3 is 6.18 Å². The van der Waals surface area contributed by atoms with Crippen molar-refractivity contribution in [2.24, 2.45) is 0 Å². The molecule has 1 amide bonds. The molecule has 0 radical (unpaired) electrons. The van der Waals surface area contributed by atoms with Crippen LogP contribution >= 0.6 is 15.9 Å². The Morgan fingerprint density at radius 3 is 2.56 bits per heavy atom. The van der Waals surface area contributed by atoms with E-state index in [0.717, 1.165) is 6.07 Å². The highest BCUT2D eigenvalue weighted by Gasteiger charge is 2.29. The van der Waals surface area contributed by atoms with Gasteiger partial charge in [-0.05, 0) is 40.2 Å². The SMILES string of the molecule is O=C(Nc1ccccc1OCC(F)(F)F)c1ccc(Br)c([N+](=O)[O-])c1. The molecule has 2 aromatic rings. The third-order valence-electron chi connectivity index (χ3n) is 2.93. The highest BCUT2D eigenvalue weighted by atomic mass is 79.9. The largest absolute Gasteiger partial charge is 0.482 e. The molecule has 0 spiro atoms. The van der Waals surface area contributed by atoms with Crippen molar-refractivity contribution in [3.63, 3.8) is 0 Å². The fraction of sp³-hybridized carbons (Fsp3) is 0.133. The topological polar surface area (TPSA) is 81.5 Å². The molecule has 0 fully saturated rings. The first-order chi connectivity index (χ1) is 11.7. The Kier molecular flexibility index (Phi) is 5.62. The van der Waals surface area contributed by atoms with Crippen LogP contribution in [0.4, 0.5) is 24.5 Å². The third-order valence-corrected chi connectivity index (χ3v) is 3.60. The molecule has 25 heavy (non-hydrogen) atoms. The number of alkyl halides is 3. The summed E-state index contributed by atoms with van der Waals surface area (Å²) in [6.45, 7) is -1.51. The minimum Gasteiger partial charge on any atom is -0.482 e. The minimum absolute atomic E-state index is 0.0160. The van der Waals surface area contributed by atoms with E-state index < -0.39 is 23.6 Å². The lowest BCUT2D eigenvalue weighted by molar-refractivity contribution is -0.385. The first kappa shape index (κ1) is 18.7. The first-order valence-electron chi connectivity index (χ1n) is 6.71. The molecule has 0 aromatic heterocycles. The first-order valence-corrected chi connectivity index (χ1v) is 7.50. The molecular weight excluding hydrogens is 409 g/mol. The number of nitro benzene ring substituents is 1. The molecule has 0 aliphatic rings. The Hall–Kier alpha value is -2.62. The van der Waals surface area contributed by atoms with E-state index in [1.165, 1.54) is 36.4 Å². The van der Waals surface area contributed by atoms with Gasteiger partial charge in [0.15, 0.2) is 6.61 Å². The Labute approximate surface area is 147 Å². The number of halogens is 4. The number of hydrogen-bond donors (Lipinski definition) is 1. The van der Waals surface area contributed by atoms with Crippen molar-refractivity contribution in [3.05, 3.63) is 62.6 Å². The molecule has 0 bridgehead atoms. The molecular formula is C15H10BrF3N2O4. The summed E-state index contributed by atoms with van der Waals surface area (Å²) >= 11 is 3.00. The highest BCUT2D eigenvalue weighted by molar-refractivity contribution is 9.10. The van der Waals surface area contributed by atoms with E-state index >= 15 is 0 Å². The van der Waals surface area contributed by atoms with Gasteiger partial charge in [0.2, 0.25) is 0 Å². The van der Waals surface area contributed by atoms with Crippen molar-refractivity contribution in [3.8, 4) is 5.75 Å². The number of anilines is 1. The number of carbonyl (C=O) groups is 1. The van der Waals surface area contributed by atoms with Crippen LogP contribution in [0.25, 0.3) is 0 Å². The van der Waals surface area contributed by atoms with Gasteiger partial charge < -0.3 is 10.1 Å². The quantitative estimate of drug-likeness (QED) is 0.570. The minimum atomic E-state index is -4.52. The van der Waals surface area contributed by atoms with Crippen molar-refractivity contribution in [2.45, 2.75) is 6.18 Å². The summed E-state index contributed by atoms with van der Waals surface area (Å²) in [6, 6.07) is 9.30. The molecule has 0 aliphatic carbocycles. The number of nitro groups is 1. The van der Waals surface area contributed by atoms with Crippen LogP contribution in [0, 0.1) is 10.1 Å². The summed E-state index contributed by atoms with van der Waals surface area (Å²) in [7, 11) is 0. The zero-order chi connectivity index (χ0) is 18.6. The standard InChI is InChI=1S/C15H10BrF3N2O4/c16-10-6-5-9(7-12(10)21(23)24)14(22)20-11-3-1-2-4-13(11)25-8-15(17,18)19/h1-7H,8H2,(H,20,22). The molecule has 0 aliphatic heterocycles. The van der Waals surface area contributed by atoms with Crippen LogP contribution in [0.1, 0.15) is 10.4 Å². The fourth-order valence-electron chi connectivity index (χ4n) is 1.84. The van der Waals surface area contributed by atoms with Crippen LogP contribution < -0.4 is 10.1 Å². The van der Waals surface area contributed by atoms with Crippen LogP contribution in [-0.4, -0.2) is 23.6 Å². The van der Waals surface area contributed by atoms with Crippen molar-refractivity contribution >= 4 is 33.2 Å². The average Bonchev–Trinajstić information content (AvgIpc) is 2.53. The second-order valence-electron chi connectivity index (χ2n) is 4.78. The van der Waals surface area contributed by atoms with Crippen molar-refractivity contribution in [1.82, 2.24) is 0 Å². The number of benzene rings is 2. The Bertz CT molecular complexity index is 812. The second-order valence-corrected chi connectivity index (χ2v) is 5.63. The molecule has 0 saturated carbocycles. The van der Waals surface area contributed by atoms with Gasteiger partial charge in [0.25, 0.3) is 11.6 Å². The summed E-state index contributed by atoms with van der Waals surface area (Å²) in [5.41, 5.74) is -0.322. The summed E-state index contributed by atoms with van der Waals surface area (Å²) in [5, 5.41) is 13.3. The van der Waals surface area contributed by atoms with Gasteiger partial charge in [-0.25, -0.2) is 0 Å². The molecule has 2 rings (SSSR count). The Balaban J connectivity index is 2.21. The third kappa shape index (κ3) is 5.18. The molecule has 132 valence electrons. The number of para-hydroxylation sites is 2. The van der Waals surface area contributed by atoms with E-state index in [9.17, 15) is 28.1 Å². The molecule has 0 heterocycles. The summed E-state index contributed by atoms with van der Waals surface area (Å²) in [5.74, 6) is -0.890. The lowest BCUT2D eigenvalue weighted by Crippen LogP contribution is -2.20. The average molecular weight is 419 g/mol. The zero-order valence-electron chi connectivity index (χ0n) is 12.3. The van der Waals surface area contributed by atoms with Gasteiger partial charge in [0, 0.05) is 11.6 Å². The maximum Gasteiger partial charge on any atom is 0.422 e. The van der Waals surface area contributed by atoms with Crippen LogP contribution in [-0.2, 0) is 0 Å². The second kappa shape index (κ2) is 7.51. The van der Waals surface area contributed by atoms with Crippen LogP contribution in [0.2, 0.25) is 0 Å². The lowest BCUT2D eigenvalue weighted by Gasteiger charge is -2.13. The normalized spacial score (nSPS) is 11.0. The van der Waals surface area contributed by atoms with Crippen molar-refractivity contribution in [1.29, 1.82) is 0 Å². The van der Waals surface area contributed by atoms with Crippen LogP contribution in [0.5, 0.6) is 5.75 Å². The van der Waals surface area contributed by atoms with Gasteiger partial charge in [-0.1, -0.05) is 12.1 Å². The number of hydrogen-bond acceptors (Lipinski definition) is 4. The van der Waals surface area contributed by atoms with E-state index in [0.29, 0.717) is 0 Å².